The highest BCUT2D eigenvalue weighted by Gasteiger charge is 2.16. The molecule has 0 amide bonds. The summed E-state index contributed by atoms with van der Waals surface area (Å²) in [5.41, 5.74) is 1.79. The van der Waals surface area contributed by atoms with Gasteiger partial charge in [-0.2, -0.15) is 4.98 Å². The van der Waals surface area contributed by atoms with E-state index in [1.807, 2.05) is 0 Å². The Balaban J connectivity index is 1.79. The molecule has 2 aromatic heterocycles. The van der Waals surface area contributed by atoms with Gasteiger partial charge in [-0.15, -0.1) is 0 Å². The zero-order valence-corrected chi connectivity index (χ0v) is 14.5. The second kappa shape index (κ2) is 8.02. The summed E-state index contributed by atoms with van der Waals surface area (Å²) in [5.74, 6) is 0.396. The maximum Gasteiger partial charge on any atom is 0.263 e. The largest absolute Gasteiger partial charge is 0.369 e. The molecule has 3 aromatic rings. The van der Waals surface area contributed by atoms with Crippen LogP contribution in [-0.2, 0) is 0 Å². The van der Waals surface area contributed by atoms with Crippen LogP contribution in [0.15, 0.2) is 35.1 Å². The van der Waals surface area contributed by atoms with Gasteiger partial charge < -0.3 is 14.7 Å². The highest BCUT2D eigenvalue weighted by molar-refractivity contribution is 5.97. The lowest BCUT2D eigenvalue weighted by Gasteiger charge is -2.17. The van der Waals surface area contributed by atoms with Gasteiger partial charge in [-0.1, -0.05) is 19.0 Å². The summed E-state index contributed by atoms with van der Waals surface area (Å²) in [6.45, 7) is 8.25. The zero-order valence-electron chi connectivity index (χ0n) is 14.5. The average Bonchev–Trinajstić information content (AvgIpc) is 3.07. The van der Waals surface area contributed by atoms with Gasteiger partial charge >= 0.3 is 0 Å². The Morgan fingerprint density at radius 3 is 2.60 bits per heavy atom. The molecule has 0 atom stereocenters. The first kappa shape index (κ1) is 17.3. The maximum absolute atomic E-state index is 13.2. The third-order valence-corrected chi connectivity index (χ3v) is 4.23. The van der Waals surface area contributed by atoms with E-state index < -0.39 is 0 Å². The minimum Gasteiger partial charge on any atom is -0.369 e. The number of halogens is 1. The van der Waals surface area contributed by atoms with Crippen molar-refractivity contribution in [2.45, 2.75) is 20.3 Å². The molecule has 132 valence electrons. The van der Waals surface area contributed by atoms with Gasteiger partial charge in [-0.05, 0) is 50.3 Å². The van der Waals surface area contributed by atoms with Crippen LogP contribution in [0, 0.1) is 5.82 Å². The van der Waals surface area contributed by atoms with Crippen LogP contribution in [0.1, 0.15) is 20.3 Å². The Morgan fingerprint density at radius 1 is 1.12 bits per heavy atom. The molecule has 25 heavy (non-hydrogen) atoms. The van der Waals surface area contributed by atoms with Crippen molar-refractivity contribution in [3.63, 3.8) is 0 Å². The van der Waals surface area contributed by atoms with Crippen LogP contribution in [0.5, 0.6) is 0 Å². The minimum absolute atomic E-state index is 0.289. The van der Waals surface area contributed by atoms with E-state index in [0.717, 1.165) is 43.5 Å². The van der Waals surface area contributed by atoms with Crippen LogP contribution in [0.4, 0.5) is 10.2 Å². The monoisotopic (exact) mass is 343 g/mol. The van der Waals surface area contributed by atoms with Crippen molar-refractivity contribution in [2.75, 3.05) is 31.5 Å². The molecule has 0 aliphatic heterocycles. The molecule has 0 spiro atoms. The number of nitrogens with zero attached hydrogens (tertiary/aromatic N) is 4. The molecule has 0 aliphatic carbocycles. The second-order valence-corrected chi connectivity index (χ2v) is 5.75. The number of rotatable bonds is 8. The summed E-state index contributed by atoms with van der Waals surface area (Å²) in [7, 11) is 0. The maximum atomic E-state index is 13.2. The molecule has 0 saturated carbocycles. The first-order valence-electron chi connectivity index (χ1n) is 8.55. The number of hydrogen-bond acceptors (Lipinski definition) is 6. The number of hydrogen-bond donors (Lipinski definition) is 1. The van der Waals surface area contributed by atoms with Crippen molar-refractivity contribution in [3.05, 3.63) is 36.4 Å². The van der Waals surface area contributed by atoms with Crippen LogP contribution in [0.2, 0.25) is 0 Å². The van der Waals surface area contributed by atoms with E-state index in [-0.39, 0.29) is 5.82 Å². The first-order valence-corrected chi connectivity index (χ1v) is 8.55. The highest BCUT2D eigenvalue weighted by atomic mass is 19.1. The molecular weight excluding hydrogens is 321 g/mol. The van der Waals surface area contributed by atoms with Gasteiger partial charge in [-0.25, -0.2) is 9.37 Å². The Hall–Kier alpha value is -2.54. The van der Waals surface area contributed by atoms with Gasteiger partial charge in [0.25, 0.3) is 5.71 Å². The van der Waals surface area contributed by atoms with Crippen molar-refractivity contribution in [2.24, 2.45) is 0 Å². The summed E-state index contributed by atoms with van der Waals surface area (Å²) in [4.78, 5) is 10.8. The number of fused-ring (bicyclic) bond motifs is 1. The lowest BCUT2D eigenvalue weighted by atomic mass is 10.1. The SMILES string of the molecule is CCN(CC)CCCNc1ncnc2onc(-c3ccc(F)cc3)c12. The molecule has 3 rings (SSSR count). The van der Waals surface area contributed by atoms with Crippen molar-refractivity contribution >= 4 is 16.9 Å². The fraction of sp³-hybridized carbons (Fsp3) is 0.389. The van der Waals surface area contributed by atoms with Crippen LogP contribution in [-0.4, -0.2) is 46.2 Å². The fourth-order valence-electron chi connectivity index (χ4n) is 2.77. The molecule has 0 aliphatic rings. The zero-order chi connectivity index (χ0) is 17.6. The van der Waals surface area contributed by atoms with Gasteiger partial charge in [0, 0.05) is 12.1 Å². The molecule has 0 fully saturated rings. The minimum atomic E-state index is -0.289. The molecule has 2 heterocycles. The molecule has 0 radical (unpaired) electrons. The summed E-state index contributed by atoms with van der Waals surface area (Å²) in [6.07, 6.45) is 2.46. The van der Waals surface area contributed by atoms with E-state index in [9.17, 15) is 4.39 Å². The van der Waals surface area contributed by atoms with Gasteiger partial charge in [0.15, 0.2) is 0 Å². The van der Waals surface area contributed by atoms with Crippen molar-refractivity contribution in [3.8, 4) is 11.3 Å². The van der Waals surface area contributed by atoms with E-state index in [4.69, 9.17) is 4.52 Å². The summed E-state index contributed by atoms with van der Waals surface area (Å²) >= 11 is 0. The molecule has 0 saturated heterocycles. The Labute approximate surface area is 146 Å². The van der Waals surface area contributed by atoms with Crippen LogP contribution < -0.4 is 5.32 Å². The van der Waals surface area contributed by atoms with Crippen molar-refractivity contribution < 1.29 is 8.91 Å². The number of benzene rings is 1. The predicted molar refractivity (Wildman–Crippen MR) is 95.9 cm³/mol. The quantitative estimate of drug-likeness (QED) is 0.631. The van der Waals surface area contributed by atoms with E-state index in [1.165, 1.54) is 18.5 Å². The summed E-state index contributed by atoms with van der Waals surface area (Å²) in [5, 5.41) is 8.16. The van der Waals surface area contributed by atoms with Crippen LogP contribution >= 0.6 is 0 Å². The van der Waals surface area contributed by atoms with E-state index in [0.29, 0.717) is 17.2 Å². The van der Waals surface area contributed by atoms with E-state index in [1.54, 1.807) is 12.1 Å². The molecule has 1 N–H and O–H groups in total. The first-order chi connectivity index (χ1) is 12.2. The molecule has 7 heteroatoms. The Kier molecular flexibility index (Phi) is 5.55. The molecule has 0 bridgehead atoms. The number of aromatic nitrogens is 3. The normalized spacial score (nSPS) is 11.4. The molecule has 1 aromatic carbocycles. The van der Waals surface area contributed by atoms with Crippen molar-refractivity contribution in [1.82, 2.24) is 20.0 Å². The standard InChI is InChI=1S/C18H22FN5O/c1-3-24(4-2)11-5-10-20-17-15-16(13-6-8-14(19)9-7-13)23-25-18(15)22-12-21-17/h6-9,12H,3-5,10-11H2,1-2H3,(H,20,21,22). The molecule has 6 nitrogen and oxygen atoms in total. The summed E-state index contributed by atoms with van der Waals surface area (Å²) in [6, 6.07) is 6.14. The number of nitrogens with one attached hydrogen (secondary N) is 1. The van der Waals surface area contributed by atoms with Gasteiger partial charge in [0.05, 0.1) is 0 Å². The van der Waals surface area contributed by atoms with Gasteiger partial charge in [-0.3, -0.25) is 0 Å². The molecular formula is C18H22FN5O. The third kappa shape index (κ3) is 3.93. The van der Waals surface area contributed by atoms with E-state index >= 15 is 0 Å². The van der Waals surface area contributed by atoms with Crippen LogP contribution in [0.25, 0.3) is 22.4 Å². The third-order valence-electron chi connectivity index (χ3n) is 4.23. The Morgan fingerprint density at radius 2 is 1.88 bits per heavy atom. The fourth-order valence-corrected chi connectivity index (χ4v) is 2.77. The Bertz CT molecular complexity index is 814. The lowest BCUT2D eigenvalue weighted by Crippen LogP contribution is -2.25. The van der Waals surface area contributed by atoms with Gasteiger partial charge in [0.2, 0.25) is 0 Å². The average molecular weight is 343 g/mol. The van der Waals surface area contributed by atoms with E-state index in [2.05, 4.69) is 39.2 Å². The summed E-state index contributed by atoms with van der Waals surface area (Å²) < 4.78 is 18.5. The van der Waals surface area contributed by atoms with Crippen LogP contribution in [0.3, 0.4) is 0 Å². The second-order valence-electron chi connectivity index (χ2n) is 5.75. The highest BCUT2D eigenvalue weighted by Crippen LogP contribution is 2.31. The topological polar surface area (TPSA) is 67.1 Å². The number of anilines is 1. The lowest BCUT2D eigenvalue weighted by molar-refractivity contribution is 0.303. The molecule has 0 unspecified atom stereocenters. The predicted octanol–water partition coefficient (Wildman–Crippen LogP) is 3.57. The smallest absolute Gasteiger partial charge is 0.263 e. The van der Waals surface area contributed by atoms with Crippen molar-refractivity contribution in [1.29, 1.82) is 0 Å². The van der Waals surface area contributed by atoms with Gasteiger partial charge in [0.1, 0.15) is 29.0 Å².